The number of anilines is 1. The molecule has 1 saturated heterocycles. The Labute approximate surface area is 110 Å². The highest BCUT2D eigenvalue weighted by Gasteiger charge is 2.45. The Hall–Kier alpha value is -1.85. The lowest BCUT2D eigenvalue weighted by molar-refractivity contribution is -0.138. The van der Waals surface area contributed by atoms with Crippen molar-refractivity contribution in [2.45, 2.75) is 44.2 Å². The molecular weight excluding hydrogens is 246 g/mol. The van der Waals surface area contributed by atoms with E-state index < -0.39 is 12.0 Å². The second-order valence-electron chi connectivity index (χ2n) is 5.38. The van der Waals surface area contributed by atoms with Gasteiger partial charge in [-0.25, -0.2) is 9.78 Å². The first-order valence-corrected chi connectivity index (χ1v) is 6.72. The van der Waals surface area contributed by atoms with Crippen molar-refractivity contribution in [1.82, 2.24) is 9.97 Å². The predicted molar refractivity (Wildman–Crippen MR) is 69.1 cm³/mol. The lowest BCUT2D eigenvalue weighted by Crippen LogP contribution is -2.43. The minimum atomic E-state index is -0.823. The molecule has 1 saturated carbocycles. The van der Waals surface area contributed by atoms with Gasteiger partial charge < -0.3 is 15.0 Å². The lowest BCUT2D eigenvalue weighted by Gasteiger charge is -2.33. The van der Waals surface area contributed by atoms with Crippen LogP contribution in [0.25, 0.3) is 0 Å². The van der Waals surface area contributed by atoms with E-state index in [1.54, 1.807) is 0 Å². The molecule has 2 heterocycles. The number of nitrogens with one attached hydrogen (secondary N) is 1. The third-order valence-corrected chi connectivity index (χ3v) is 4.30. The standard InChI is InChI=1S/C13H17N3O3/c17-12-6-11(14-7-15-12)16-9-4-2-1-3-8(9)5-10(16)13(18)19/h6-10H,1-5H2,(H,18,19)(H,14,15,17). The van der Waals surface area contributed by atoms with Gasteiger partial charge in [0.15, 0.2) is 0 Å². The first-order valence-electron chi connectivity index (χ1n) is 6.72. The molecule has 6 heteroatoms. The Morgan fingerprint density at radius 2 is 2.21 bits per heavy atom. The molecule has 0 radical (unpaired) electrons. The minimum absolute atomic E-state index is 0.212. The highest BCUT2D eigenvalue weighted by molar-refractivity contribution is 5.79. The molecular formula is C13H17N3O3. The largest absolute Gasteiger partial charge is 0.480 e. The van der Waals surface area contributed by atoms with Gasteiger partial charge in [-0.3, -0.25) is 4.79 Å². The molecule has 1 aliphatic heterocycles. The summed E-state index contributed by atoms with van der Waals surface area (Å²) in [5, 5.41) is 9.41. The zero-order valence-electron chi connectivity index (χ0n) is 10.6. The molecule has 2 aliphatic rings. The Morgan fingerprint density at radius 1 is 1.42 bits per heavy atom. The quantitative estimate of drug-likeness (QED) is 0.831. The molecule has 1 aliphatic carbocycles. The summed E-state index contributed by atoms with van der Waals surface area (Å²) in [5.74, 6) is 0.0815. The van der Waals surface area contributed by atoms with Crippen LogP contribution in [0.4, 0.5) is 5.82 Å². The highest BCUT2D eigenvalue weighted by atomic mass is 16.4. The van der Waals surface area contributed by atoms with Gasteiger partial charge in [-0.2, -0.15) is 0 Å². The van der Waals surface area contributed by atoms with E-state index in [9.17, 15) is 14.7 Å². The summed E-state index contributed by atoms with van der Waals surface area (Å²) in [6, 6.07) is 1.05. The van der Waals surface area contributed by atoms with Crippen molar-refractivity contribution in [2.24, 2.45) is 5.92 Å². The SMILES string of the molecule is O=C(O)C1CC2CCCCC2N1c1cc(=O)[nH]cn1. The number of fused-ring (bicyclic) bond motifs is 1. The van der Waals surface area contributed by atoms with E-state index in [4.69, 9.17) is 0 Å². The number of hydrogen-bond donors (Lipinski definition) is 2. The second-order valence-corrected chi connectivity index (χ2v) is 5.38. The number of H-pyrrole nitrogens is 1. The van der Waals surface area contributed by atoms with Crippen LogP contribution < -0.4 is 10.5 Å². The number of hydrogen-bond acceptors (Lipinski definition) is 4. The van der Waals surface area contributed by atoms with E-state index in [0.717, 1.165) is 19.3 Å². The third kappa shape index (κ3) is 2.11. The average molecular weight is 263 g/mol. The van der Waals surface area contributed by atoms with Gasteiger partial charge in [0.1, 0.15) is 11.9 Å². The summed E-state index contributed by atoms with van der Waals surface area (Å²) in [4.78, 5) is 31.3. The molecule has 1 aromatic heterocycles. The summed E-state index contributed by atoms with van der Waals surface area (Å²) in [7, 11) is 0. The molecule has 3 rings (SSSR count). The number of carbonyl (C=O) groups is 1. The first kappa shape index (κ1) is 12.2. The monoisotopic (exact) mass is 263 g/mol. The van der Waals surface area contributed by atoms with Crippen LogP contribution in [0.15, 0.2) is 17.2 Å². The fraction of sp³-hybridized carbons (Fsp3) is 0.615. The minimum Gasteiger partial charge on any atom is -0.480 e. The third-order valence-electron chi connectivity index (χ3n) is 4.30. The molecule has 0 aromatic carbocycles. The van der Waals surface area contributed by atoms with Gasteiger partial charge in [-0.15, -0.1) is 0 Å². The predicted octanol–water partition coefficient (Wildman–Crippen LogP) is 0.992. The molecule has 3 unspecified atom stereocenters. The van der Waals surface area contributed by atoms with E-state index in [1.807, 2.05) is 4.90 Å². The number of carboxylic acids is 1. The van der Waals surface area contributed by atoms with Gasteiger partial charge in [0.05, 0.1) is 6.33 Å². The van der Waals surface area contributed by atoms with Crippen molar-refractivity contribution < 1.29 is 9.90 Å². The van der Waals surface area contributed by atoms with Gasteiger partial charge in [0, 0.05) is 12.1 Å². The normalized spacial score (nSPS) is 30.1. The van der Waals surface area contributed by atoms with Crippen molar-refractivity contribution in [3.05, 3.63) is 22.7 Å². The fourth-order valence-electron chi connectivity index (χ4n) is 3.51. The molecule has 2 N–H and O–H groups in total. The van der Waals surface area contributed by atoms with E-state index in [2.05, 4.69) is 9.97 Å². The van der Waals surface area contributed by atoms with Crippen LogP contribution in [0.2, 0.25) is 0 Å². The summed E-state index contributed by atoms with van der Waals surface area (Å²) >= 11 is 0. The van der Waals surface area contributed by atoms with Gasteiger partial charge >= 0.3 is 5.97 Å². The number of aromatic nitrogens is 2. The van der Waals surface area contributed by atoms with Gasteiger partial charge in [0.2, 0.25) is 0 Å². The van der Waals surface area contributed by atoms with E-state index >= 15 is 0 Å². The molecule has 19 heavy (non-hydrogen) atoms. The number of aromatic amines is 1. The maximum Gasteiger partial charge on any atom is 0.326 e. The molecule has 102 valence electrons. The van der Waals surface area contributed by atoms with Gasteiger partial charge in [-0.05, 0) is 25.2 Å². The summed E-state index contributed by atoms with van der Waals surface area (Å²) in [6.45, 7) is 0. The van der Waals surface area contributed by atoms with Crippen LogP contribution in [-0.4, -0.2) is 33.1 Å². The Morgan fingerprint density at radius 3 is 2.95 bits per heavy atom. The topological polar surface area (TPSA) is 86.3 Å². The fourth-order valence-corrected chi connectivity index (χ4v) is 3.51. The van der Waals surface area contributed by atoms with Crippen LogP contribution in [0.1, 0.15) is 32.1 Å². The molecule has 2 fully saturated rings. The summed E-state index contributed by atoms with van der Waals surface area (Å²) in [5.41, 5.74) is -0.242. The average Bonchev–Trinajstić information content (AvgIpc) is 2.78. The summed E-state index contributed by atoms with van der Waals surface area (Å²) < 4.78 is 0. The number of carboxylic acid groups (broad SMARTS) is 1. The van der Waals surface area contributed by atoms with Crippen LogP contribution in [0.3, 0.4) is 0 Å². The van der Waals surface area contributed by atoms with Crippen molar-refractivity contribution >= 4 is 11.8 Å². The van der Waals surface area contributed by atoms with Crippen molar-refractivity contribution in [1.29, 1.82) is 0 Å². The van der Waals surface area contributed by atoms with Crippen LogP contribution >= 0.6 is 0 Å². The lowest BCUT2D eigenvalue weighted by atomic mass is 9.85. The van der Waals surface area contributed by atoms with E-state index in [-0.39, 0.29) is 11.6 Å². The van der Waals surface area contributed by atoms with Crippen LogP contribution in [0, 0.1) is 5.92 Å². The number of aliphatic carboxylic acids is 1. The smallest absolute Gasteiger partial charge is 0.326 e. The molecule has 0 spiro atoms. The zero-order chi connectivity index (χ0) is 13.4. The van der Waals surface area contributed by atoms with Crippen molar-refractivity contribution in [3.63, 3.8) is 0 Å². The molecule has 3 atom stereocenters. The zero-order valence-corrected chi connectivity index (χ0v) is 10.6. The highest BCUT2D eigenvalue weighted by Crippen LogP contribution is 2.41. The van der Waals surface area contributed by atoms with Gasteiger partial charge in [-0.1, -0.05) is 12.8 Å². The van der Waals surface area contributed by atoms with E-state index in [1.165, 1.54) is 18.8 Å². The Bertz CT molecular complexity index is 542. The van der Waals surface area contributed by atoms with Crippen LogP contribution in [0.5, 0.6) is 0 Å². The maximum atomic E-state index is 11.5. The number of rotatable bonds is 2. The first-order chi connectivity index (χ1) is 9.16. The van der Waals surface area contributed by atoms with E-state index in [0.29, 0.717) is 18.2 Å². The van der Waals surface area contributed by atoms with Gasteiger partial charge in [0.25, 0.3) is 5.56 Å². The van der Waals surface area contributed by atoms with Crippen molar-refractivity contribution in [3.8, 4) is 0 Å². The Balaban J connectivity index is 1.99. The number of nitrogens with zero attached hydrogens (tertiary/aromatic N) is 2. The summed E-state index contributed by atoms with van der Waals surface area (Å²) in [6.07, 6.45) is 6.36. The van der Waals surface area contributed by atoms with Crippen molar-refractivity contribution in [2.75, 3.05) is 4.90 Å². The Kier molecular flexibility index (Phi) is 3.00. The maximum absolute atomic E-state index is 11.5. The molecule has 0 bridgehead atoms. The molecule has 0 amide bonds. The molecule has 6 nitrogen and oxygen atoms in total. The molecule has 1 aromatic rings. The second kappa shape index (κ2) is 4.68. The van der Waals surface area contributed by atoms with Crippen LogP contribution in [-0.2, 0) is 4.79 Å².